The third-order valence-corrected chi connectivity index (χ3v) is 10.2. The molecule has 4 aliphatic carbocycles. The van der Waals surface area contributed by atoms with E-state index in [1.165, 1.54) is 23.8 Å². The van der Waals surface area contributed by atoms with E-state index in [0.29, 0.717) is 34.7 Å². The summed E-state index contributed by atoms with van der Waals surface area (Å²) in [6, 6.07) is 0.661. The number of halogens is 1. The van der Waals surface area contributed by atoms with Gasteiger partial charge in [0.15, 0.2) is 34.7 Å². The average Bonchev–Trinajstić information content (AvgIpc) is 3.72. The normalized spacial score (nSPS) is 32.6. The second-order valence-electron chi connectivity index (χ2n) is 12.2. The monoisotopic (exact) mass is 573 g/mol. The number of ketones is 4. The number of Topliss-reactive ketones (excluding diaryl/α,β-unsaturated/α-hetero) is 4. The zero-order chi connectivity index (χ0) is 29.4. The molecule has 0 spiro atoms. The van der Waals surface area contributed by atoms with Crippen LogP contribution in [0.15, 0.2) is 6.07 Å². The van der Waals surface area contributed by atoms with Gasteiger partial charge in [0.1, 0.15) is 5.75 Å². The molecule has 4 N–H and O–H groups in total. The predicted octanol–water partition coefficient (Wildman–Crippen LogP) is 1.14. The lowest BCUT2D eigenvalue weighted by atomic mass is 9.52. The largest absolute Gasteiger partial charge is 0.507 e. The molecule has 3 fully saturated rings. The van der Waals surface area contributed by atoms with E-state index in [0.717, 1.165) is 6.54 Å². The van der Waals surface area contributed by atoms with Crippen molar-refractivity contribution in [3.8, 4) is 5.75 Å². The van der Waals surface area contributed by atoms with Crippen molar-refractivity contribution in [2.75, 3.05) is 20.6 Å². The van der Waals surface area contributed by atoms with Crippen molar-refractivity contribution in [1.29, 1.82) is 0 Å². The highest BCUT2D eigenvalue weighted by Gasteiger charge is 2.69. The zero-order valence-corrected chi connectivity index (χ0v) is 23.9. The Labute approximate surface area is 237 Å². The summed E-state index contributed by atoms with van der Waals surface area (Å²) in [4.78, 5) is 70.1. The Balaban J connectivity index is 1.55. The van der Waals surface area contributed by atoms with Gasteiger partial charge in [0.25, 0.3) is 0 Å². The smallest absolute Gasteiger partial charge is 0.235 e. The Kier molecular flexibility index (Phi) is 7.22. The number of hydrogen-bond donors (Lipinski definition) is 3. The van der Waals surface area contributed by atoms with Crippen LogP contribution in [0.25, 0.3) is 0 Å². The molecular weight excluding hydrogens is 538 g/mol. The van der Waals surface area contributed by atoms with E-state index in [2.05, 4.69) is 18.7 Å². The number of likely N-dealkylation sites (N-methyl/N-ethyl adjacent to an activating group) is 1. The first-order chi connectivity index (χ1) is 18.7. The van der Waals surface area contributed by atoms with Crippen LogP contribution >= 0.6 is 11.6 Å². The maximum Gasteiger partial charge on any atom is 0.235 e. The van der Waals surface area contributed by atoms with Crippen LogP contribution in [0.2, 0.25) is 5.02 Å². The second kappa shape index (κ2) is 10.0. The fraction of sp³-hybridized carbons (Fsp3) is 0.621. The fourth-order valence-electron chi connectivity index (χ4n) is 7.46. The Bertz CT molecular complexity index is 1320. The van der Waals surface area contributed by atoms with Gasteiger partial charge in [-0.25, -0.2) is 0 Å². The third-order valence-electron chi connectivity index (χ3n) is 9.73. The van der Waals surface area contributed by atoms with E-state index in [9.17, 15) is 34.2 Å². The van der Waals surface area contributed by atoms with Crippen molar-refractivity contribution in [1.82, 2.24) is 9.80 Å². The average molecular weight is 574 g/mol. The van der Waals surface area contributed by atoms with Crippen LogP contribution in [0.4, 0.5) is 0 Å². The molecule has 1 amide bonds. The topological polar surface area (TPSA) is 158 Å². The number of benzene rings is 1. The lowest BCUT2D eigenvalue weighted by molar-refractivity contribution is -0.181. The molecule has 2 unspecified atom stereocenters. The maximum absolute atomic E-state index is 13.9. The predicted molar refractivity (Wildman–Crippen MR) is 145 cm³/mol. The van der Waals surface area contributed by atoms with Gasteiger partial charge in [0.05, 0.1) is 17.5 Å². The van der Waals surface area contributed by atoms with Crippen LogP contribution in [0.5, 0.6) is 5.75 Å². The highest BCUT2D eigenvalue weighted by atomic mass is 35.5. The number of aromatic hydroxyl groups is 1. The molecule has 1 aromatic carbocycles. The molecule has 5 rings (SSSR count). The number of carbonyl (C=O) groups is 5. The number of rotatable bonds is 7. The first-order valence-electron chi connectivity index (χ1n) is 13.9. The van der Waals surface area contributed by atoms with E-state index in [1.807, 2.05) is 0 Å². The summed E-state index contributed by atoms with van der Waals surface area (Å²) in [6.07, 6.45) is 2.50. The zero-order valence-electron chi connectivity index (χ0n) is 23.1. The number of phenolic OH excluding ortho intramolecular Hbond substituents is 1. The number of nitrogens with two attached hydrogens (primary N) is 1. The van der Waals surface area contributed by atoms with Crippen LogP contribution in [0.1, 0.15) is 54.6 Å². The highest BCUT2D eigenvalue weighted by molar-refractivity contribution is 6.34. The Morgan fingerprint density at radius 1 is 1.20 bits per heavy atom. The van der Waals surface area contributed by atoms with Gasteiger partial charge in [-0.05, 0) is 82.3 Å². The number of primary amides is 1. The Morgan fingerprint density at radius 3 is 2.40 bits per heavy atom. The van der Waals surface area contributed by atoms with Crippen molar-refractivity contribution in [3.63, 3.8) is 0 Å². The van der Waals surface area contributed by atoms with E-state index in [1.54, 1.807) is 14.1 Å². The van der Waals surface area contributed by atoms with Crippen LogP contribution in [0.3, 0.4) is 0 Å². The van der Waals surface area contributed by atoms with E-state index >= 15 is 0 Å². The van der Waals surface area contributed by atoms with Gasteiger partial charge in [0.2, 0.25) is 5.91 Å². The fourth-order valence-corrected chi connectivity index (χ4v) is 7.75. The van der Waals surface area contributed by atoms with Gasteiger partial charge in [-0.1, -0.05) is 18.5 Å². The highest BCUT2D eigenvalue weighted by Crippen LogP contribution is 2.52. The lowest BCUT2D eigenvalue weighted by Crippen LogP contribution is -2.74. The van der Waals surface area contributed by atoms with Gasteiger partial charge < -0.3 is 15.9 Å². The molecule has 216 valence electrons. The molecule has 10 nitrogen and oxygen atoms in total. The van der Waals surface area contributed by atoms with Crippen molar-refractivity contribution < 1.29 is 34.2 Å². The SMILES string of the molecule is CCN(Cc1cc(O)c2c(c1Cl)C[C@H]1C[C@H]3[C@H](N(C)C)C(=O)C(C(N)=O)C(=O)[C@@]3(O)C(=O)C1C2=O)[C@H](C)C1CC1. The number of amides is 1. The number of fused-ring (bicyclic) bond motifs is 3. The number of nitrogens with zero attached hydrogens (tertiary/aromatic N) is 2. The molecule has 7 atom stereocenters. The number of carbonyl (C=O) groups excluding carboxylic acids is 5. The molecule has 1 aromatic rings. The maximum atomic E-state index is 13.9. The minimum absolute atomic E-state index is 0.00892. The van der Waals surface area contributed by atoms with Gasteiger partial charge in [-0.15, -0.1) is 0 Å². The molecular formula is C29H36ClN3O7. The van der Waals surface area contributed by atoms with Gasteiger partial charge >= 0.3 is 0 Å². The van der Waals surface area contributed by atoms with Gasteiger partial charge in [-0.2, -0.15) is 0 Å². The first kappa shape index (κ1) is 28.9. The summed E-state index contributed by atoms with van der Waals surface area (Å²) in [6.45, 7) is 5.50. The quantitative estimate of drug-likeness (QED) is 0.407. The molecule has 4 aliphatic rings. The molecule has 3 saturated carbocycles. The Morgan fingerprint density at radius 2 is 1.85 bits per heavy atom. The molecule has 0 heterocycles. The summed E-state index contributed by atoms with van der Waals surface area (Å²) in [5.41, 5.74) is 3.64. The Hall–Kier alpha value is -2.66. The molecule has 0 aromatic heterocycles. The molecule has 0 radical (unpaired) electrons. The standard InChI is InChI=1S/C29H36ClN3O7/c1-5-33(12(2)13-6-7-13)11-15-10-18(34)20-16(22(15)30)8-14-9-17-23(32(3)4)25(36)21(28(31)39)27(38)29(17,40)26(37)19(14)24(20)35/h10,12-14,17,19,21,23,34,40H,5-9,11H2,1-4H3,(H2,31,39)/t12-,14+,17+,19?,21?,23+,29+/m1/s1. The summed E-state index contributed by atoms with van der Waals surface area (Å²) < 4.78 is 0. The molecule has 0 bridgehead atoms. The molecule has 0 saturated heterocycles. The molecule has 40 heavy (non-hydrogen) atoms. The van der Waals surface area contributed by atoms with Crippen LogP contribution in [-0.4, -0.2) is 87.4 Å². The number of hydrogen-bond acceptors (Lipinski definition) is 9. The van der Waals surface area contributed by atoms with E-state index < -0.39 is 64.4 Å². The second-order valence-corrected chi connectivity index (χ2v) is 12.5. The van der Waals surface area contributed by atoms with Gasteiger partial charge in [-0.3, -0.25) is 33.8 Å². The van der Waals surface area contributed by atoms with Crippen molar-refractivity contribution in [2.24, 2.45) is 35.3 Å². The summed E-state index contributed by atoms with van der Waals surface area (Å²) in [7, 11) is 3.11. The molecule has 0 aliphatic heterocycles. The summed E-state index contributed by atoms with van der Waals surface area (Å²) in [5, 5.41) is 23.0. The number of phenols is 1. The summed E-state index contributed by atoms with van der Waals surface area (Å²) >= 11 is 6.88. The number of aliphatic hydroxyl groups is 1. The minimum Gasteiger partial charge on any atom is -0.507 e. The van der Waals surface area contributed by atoms with E-state index in [4.69, 9.17) is 17.3 Å². The minimum atomic E-state index is -2.74. The van der Waals surface area contributed by atoms with Crippen molar-refractivity contribution in [2.45, 2.75) is 63.8 Å². The lowest BCUT2D eigenvalue weighted by Gasteiger charge is -2.52. The van der Waals surface area contributed by atoms with E-state index in [-0.39, 0.29) is 24.2 Å². The van der Waals surface area contributed by atoms with Crippen LogP contribution in [0, 0.1) is 29.6 Å². The third kappa shape index (κ3) is 4.14. The van der Waals surface area contributed by atoms with Crippen molar-refractivity contribution >= 4 is 40.6 Å². The van der Waals surface area contributed by atoms with Crippen LogP contribution in [-0.2, 0) is 32.1 Å². The van der Waals surface area contributed by atoms with Crippen molar-refractivity contribution in [3.05, 3.63) is 27.8 Å². The van der Waals surface area contributed by atoms with Gasteiger partial charge in [0, 0.05) is 23.5 Å². The molecule has 11 heteroatoms. The first-order valence-corrected chi connectivity index (χ1v) is 14.2. The van der Waals surface area contributed by atoms with Crippen LogP contribution < -0.4 is 5.73 Å². The summed E-state index contributed by atoms with van der Waals surface area (Å²) in [5.74, 6) is -10.0.